The largest absolute Gasteiger partial charge is 0.488 e. The molecular weight excluding hydrogens is 393 g/mol. The normalized spacial score (nSPS) is 11.8. The van der Waals surface area contributed by atoms with E-state index in [0.717, 1.165) is 28.2 Å². The van der Waals surface area contributed by atoms with Crippen molar-refractivity contribution in [3.8, 4) is 34.0 Å². The first-order valence-corrected chi connectivity index (χ1v) is 10.3. The summed E-state index contributed by atoms with van der Waals surface area (Å²) in [5.74, 6) is 0.350. The average molecular weight is 420 g/mol. The van der Waals surface area contributed by atoms with Gasteiger partial charge in [0.05, 0.1) is 18.0 Å². The molecule has 31 heavy (non-hydrogen) atoms. The Morgan fingerprint density at radius 1 is 0.903 bits per heavy atom. The molecular formula is C25H26FN3O2. The van der Waals surface area contributed by atoms with E-state index in [0.29, 0.717) is 5.56 Å². The highest BCUT2D eigenvalue weighted by Crippen LogP contribution is 2.28. The Labute approximate surface area is 181 Å². The Balaban J connectivity index is 1.68. The Bertz CT molecular complexity index is 1210. The number of hydrogen-bond donors (Lipinski definition) is 0. The van der Waals surface area contributed by atoms with Gasteiger partial charge in [0.25, 0.3) is 5.88 Å². The second kappa shape index (κ2) is 8.02. The van der Waals surface area contributed by atoms with Crippen LogP contribution in [-0.2, 0) is 0 Å². The standard InChI is InChI=1S/C25H26FN3O2/c1-16(2)30-24-21(26)12-19(13-28-24)18-8-11-23-27-14-22(29(23)15-18)17-6-9-20(10-7-17)31-25(3,4)5/h6-16H,1-5H3. The third-order valence-electron chi connectivity index (χ3n) is 4.57. The maximum Gasteiger partial charge on any atom is 0.250 e. The van der Waals surface area contributed by atoms with Gasteiger partial charge >= 0.3 is 0 Å². The summed E-state index contributed by atoms with van der Waals surface area (Å²) in [6.07, 6.45) is 5.25. The Kier molecular flexibility index (Phi) is 5.39. The highest BCUT2D eigenvalue weighted by molar-refractivity contribution is 5.69. The molecule has 0 amide bonds. The van der Waals surface area contributed by atoms with Crippen molar-refractivity contribution in [2.45, 2.75) is 46.3 Å². The molecule has 0 saturated heterocycles. The van der Waals surface area contributed by atoms with Gasteiger partial charge in [0.2, 0.25) is 0 Å². The Hall–Kier alpha value is -3.41. The Morgan fingerprint density at radius 3 is 2.26 bits per heavy atom. The van der Waals surface area contributed by atoms with E-state index in [4.69, 9.17) is 9.47 Å². The van der Waals surface area contributed by atoms with Crippen LogP contribution >= 0.6 is 0 Å². The zero-order valence-corrected chi connectivity index (χ0v) is 18.4. The third-order valence-corrected chi connectivity index (χ3v) is 4.57. The summed E-state index contributed by atoms with van der Waals surface area (Å²) < 4.78 is 27.7. The van der Waals surface area contributed by atoms with E-state index in [2.05, 4.69) is 9.97 Å². The topological polar surface area (TPSA) is 48.7 Å². The molecule has 0 aliphatic heterocycles. The zero-order valence-electron chi connectivity index (χ0n) is 18.4. The highest BCUT2D eigenvalue weighted by Gasteiger charge is 2.14. The molecule has 0 aliphatic carbocycles. The SMILES string of the molecule is CC(C)Oc1ncc(-c2ccc3ncc(-c4ccc(OC(C)(C)C)cc4)n3c2)cc1F. The maximum atomic E-state index is 14.4. The number of ether oxygens (including phenoxy) is 2. The van der Waals surface area contributed by atoms with Gasteiger partial charge in [-0.25, -0.2) is 14.4 Å². The van der Waals surface area contributed by atoms with Gasteiger partial charge in [-0.05, 0) is 77.1 Å². The molecule has 3 aromatic heterocycles. The minimum atomic E-state index is -0.480. The van der Waals surface area contributed by atoms with Crippen molar-refractivity contribution in [1.82, 2.24) is 14.4 Å². The van der Waals surface area contributed by atoms with Crippen molar-refractivity contribution in [2.75, 3.05) is 0 Å². The lowest BCUT2D eigenvalue weighted by Crippen LogP contribution is -2.22. The number of halogens is 1. The van der Waals surface area contributed by atoms with Crippen LogP contribution in [0.15, 0.2) is 61.1 Å². The van der Waals surface area contributed by atoms with Gasteiger partial charge in [0.1, 0.15) is 17.0 Å². The number of pyridine rings is 2. The monoisotopic (exact) mass is 419 g/mol. The quantitative estimate of drug-likeness (QED) is 0.388. The van der Waals surface area contributed by atoms with Crippen LogP contribution < -0.4 is 9.47 Å². The van der Waals surface area contributed by atoms with Crippen LogP contribution in [-0.4, -0.2) is 26.1 Å². The van der Waals surface area contributed by atoms with E-state index in [1.807, 2.05) is 87.8 Å². The molecule has 0 unspecified atom stereocenters. The second-order valence-corrected chi connectivity index (χ2v) is 8.71. The molecule has 0 aliphatic rings. The summed E-state index contributed by atoms with van der Waals surface area (Å²) in [6, 6.07) is 13.2. The van der Waals surface area contributed by atoms with Crippen LogP contribution in [0.4, 0.5) is 4.39 Å². The van der Waals surface area contributed by atoms with Gasteiger partial charge in [-0.2, -0.15) is 0 Å². The summed E-state index contributed by atoms with van der Waals surface area (Å²) in [4.78, 5) is 8.64. The molecule has 0 radical (unpaired) electrons. The van der Waals surface area contributed by atoms with Gasteiger partial charge in [-0.3, -0.25) is 4.40 Å². The van der Waals surface area contributed by atoms with E-state index >= 15 is 0 Å². The average Bonchev–Trinajstić information content (AvgIpc) is 3.12. The van der Waals surface area contributed by atoms with Crippen molar-refractivity contribution in [3.05, 3.63) is 66.9 Å². The number of nitrogens with zero attached hydrogens (tertiary/aromatic N) is 3. The van der Waals surface area contributed by atoms with Gasteiger partial charge < -0.3 is 9.47 Å². The van der Waals surface area contributed by atoms with E-state index < -0.39 is 5.82 Å². The van der Waals surface area contributed by atoms with Crippen LogP contribution in [0, 0.1) is 5.82 Å². The maximum absolute atomic E-state index is 14.4. The first-order valence-electron chi connectivity index (χ1n) is 10.3. The van der Waals surface area contributed by atoms with E-state index in [1.165, 1.54) is 6.07 Å². The van der Waals surface area contributed by atoms with Crippen LogP contribution in [0.25, 0.3) is 28.0 Å². The zero-order chi connectivity index (χ0) is 22.2. The molecule has 0 saturated carbocycles. The fourth-order valence-electron chi connectivity index (χ4n) is 3.31. The molecule has 160 valence electrons. The van der Waals surface area contributed by atoms with Crippen LogP contribution in [0.1, 0.15) is 34.6 Å². The van der Waals surface area contributed by atoms with Crippen molar-refractivity contribution in [3.63, 3.8) is 0 Å². The summed E-state index contributed by atoms with van der Waals surface area (Å²) in [7, 11) is 0. The minimum Gasteiger partial charge on any atom is -0.488 e. The highest BCUT2D eigenvalue weighted by atomic mass is 19.1. The fourth-order valence-corrected chi connectivity index (χ4v) is 3.31. The van der Waals surface area contributed by atoms with Crippen molar-refractivity contribution < 1.29 is 13.9 Å². The van der Waals surface area contributed by atoms with Gasteiger partial charge in [0.15, 0.2) is 5.82 Å². The molecule has 0 N–H and O–H groups in total. The molecule has 1 aromatic carbocycles. The van der Waals surface area contributed by atoms with Gasteiger partial charge in [-0.15, -0.1) is 0 Å². The van der Waals surface area contributed by atoms with Crippen molar-refractivity contribution >= 4 is 5.65 Å². The molecule has 0 spiro atoms. The first kappa shape index (κ1) is 20.8. The molecule has 0 fully saturated rings. The number of rotatable bonds is 5. The third kappa shape index (κ3) is 4.68. The first-order chi connectivity index (χ1) is 14.7. The van der Waals surface area contributed by atoms with Crippen molar-refractivity contribution in [1.29, 1.82) is 0 Å². The van der Waals surface area contributed by atoms with E-state index in [9.17, 15) is 4.39 Å². The van der Waals surface area contributed by atoms with E-state index in [-0.39, 0.29) is 17.6 Å². The lowest BCUT2D eigenvalue weighted by Gasteiger charge is -2.21. The number of aromatic nitrogens is 3. The molecule has 4 aromatic rings. The van der Waals surface area contributed by atoms with Crippen LogP contribution in [0.2, 0.25) is 0 Å². The number of hydrogen-bond acceptors (Lipinski definition) is 4. The molecule has 3 heterocycles. The number of fused-ring (bicyclic) bond motifs is 1. The minimum absolute atomic E-state index is 0.0145. The molecule has 0 atom stereocenters. The summed E-state index contributed by atoms with van der Waals surface area (Å²) in [5, 5.41) is 0. The summed E-state index contributed by atoms with van der Waals surface area (Å²) in [5.41, 5.74) is 4.01. The Morgan fingerprint density at radius 2 is 1.61 bits per heavy atom. The summed E-state index contributed by atoms with van der Waals surface area (Å²) >= 11 is 0. The molecule has 5 nitrogen and oxygen atoms in total. The predicted octanol–water partition coefficient (Wildman–Crippen LogP) is 6.17. The summed E-state index contributed by atoms with van der Waals surface area (Å²) in [6.45, 7) is 9.74. The lowest BCUT2D eigenvalue weighted by atomic mass is 10.1. The molecule has 6 heteroatoms. The predicted molar refractivity (Wildman–Crippen MR) is 120 cm³/mol. The fraction of sp³-hybridized carbons (Fsp3) is 0.280. The van der Waals surface area contributed by atoms with Gasteiger partial charge in [-0.1, -0.05) is 0 Å². The molecule has 0 bridgehead atoms. The number of benzene rings is 1. The smallest absolute Gasteiger partial charge is 0.250 e. The van der Waals surface area contributed by atoms with Gasteiger partial charge in [0, 0.05) is 29.1 Å². The van der Waals surface area contributed by atoms with E-state index in [1.54, 1.807) is 6.20 Å². The molecule has 4 rings (SSSR count). The number of imidazole rings is 1. The van der Waals surface area contributed by atoms with Crippen molar-refractivity contribution in [2.24, 2.45) is 0 Å². The lowest BCUT2D eigenvalue weighted by molar-refractivity contribution is 0.131. The van der Waals surface area contributed by atoms with Crippen LogP contribution in [0.5, 0.6) is 11.6 Å². The second-order valence-electron chi connectivity index (χ2n) is 8.71. The van der Waals surface area contributed by atoms with Crippen LogP contribution in [0.3, 0.4) is 0 Å².